The third-order valence-corrected chi connectivity index (χ3v) is 7.35. The van der Waals surface area contributed by atoms with E-state index in [4.69, 9.17) is 0 Å². The maximum Gasteiger partial charge on any atom is 0.416 e. The van der Waals surface area contributed by atoms with Crippen molar-refractivity contribution in [2.24, 2.45) is 0 Å². The smallest absolute Gasteiger partial charge is 0.312 e. The van der Waals surface area contributed by atoms with Crippen molar-refractivity contribution in [3.8, 4) is 0 Å². The SMILES string of the molecule is CNC(c1ccc(C(F)(F)F)cc1)C1CSC(C)C(C)S1. The summed E-state index contributed by atoms with van der Waals surface area (Å²) >= 11 is 3.87. The normalized spacial score (nSPS) is 28.4. The van der Waals surface area contributed by atoms with Gasteiger partial charge in [-0.2, -0.15) is 36.7 Å². The Hall–Kier alpha value is -0.330. The van der Waals surface area contributed by atoms with Gasteiger partial charge < -0.3 is 5.32 Å². The Morgan fingerprint density at radius 1 is 1.14 bits per heavy atom. The van der Waals surface area contributed by atoms with Crippen molar-refractivity contribution in [3.63, 3.8) is 0 Å². The highest BCUT2D eigenvalue weighted by Gasteiger charge is 2.33. The van der Waals surface area contributed by atoms with Gasteiger partial charge in [-0.05, 0) is 24.7 Å². The van der Waals surface area contributed by atoms with Crippen molar-refractivity contribution in [1.82, 2.24) is 5.32 Å². The second-order valence-corrected chi connectivity index (χ2v) is 8.34. The summed E-state index contributed by atoms with van der Waals surface area (Å²) in [6, 6.07) is 5.62. The Morgan fingerprint density at radius 3 is 2.24 bits per heavy atom. The first-order valence-corrected chi connectivity index (χ1v) is 8.93. The van der Waals surface area contributed by atoms with Gasteiger partial charge in [0, 0.05) is 27.5 Å². The molecule has 1 aromatic carbocycles. The van der Waals surface area contributed by atoms with Crippen LogP contribution in [0, 0.1) is 0 Å². The average Bonchev–Trinajstić information content (AvgIpc) is 2.43. The van der Waals surface area contributed by atoms with Crippen LogP contribution in [0.15, 0.2) is 24.3 Å². The van der Waals surface area contributed by atoms with E-state index in [1.165, 1.54) is 12.1 Å². The fourth-order valence-electron chi connectivity index (χ4n) is 2.43. The van der Waals surface area contributed by atoms with Gasteiger partial charge in [-0.15, -0.1) is 0 Å². The zero-order valence-corrected chi connectivity index (χ0v) is 13.9. The topological polar surface area (TPSA) is 12.0 Å². The number of alkyl halides is 3. The Labute approximate surface area is 132 Å². The van der Waals surface area contributed by atoms with E-state index in [0.29, 0.717) is 15.7 Å². The number of hydrogen-bond acceptors (Lipinski definition) is 3. The molecule has 1 heterocycles. The predicted molar refractivity (Wildman–Crippen MR) is 86.0 cm³/mol. The third-order valence-electron chi connectivity index (χ3n) is 3.85. The lowest BCUT2D eigenvalue weighted by Crippen LogP contribution is -2.35. The zero-order valence-electron chi connectivity index (χ0n) is 12.3. The lowest BCUT2D eigenvalue weighted by Gasteiger charge is -2.36. The van der Waals surface area contributed by atoms with Gasteiger partial charge in [-0.1, -0.05) is 26.0 Å². The van der Waals surface area contributed by atoms with E-state index >= 15 is 0 Å². The van der Waals surface area contributed by atoms with Crippen LogP contribution in [0.5, 0.6) is 0 Å². The molecule has 1 fully saturated rings. The van der Waals surface area contributed by atoms with Crippen LogP contribution in [0.1, 0.15) is 31.0 Å². The molecule has 118 valence electrons. The molecule has 4 unspecified atom stereocenters. The minimum absolute atomic E-state index is 0.0831. The van der Waals surface area contributed by atoms with E-state index in [2.05, 4.69) is 19.2 Å². The molecule has 21 heavy (non-hydrogen) atoms. The Bertz CT molecular complexity index is 461. The van der Waals surface area contributed by atoms with Gasteiger partial charge >= 0.3 is 6.18 Å². The number of hydrogen-bond donors (Lipinski definition) is 1. The summed E-state index contributed by atoms with van der Waals surface area (Å²) in [6.45, 7) is 4.44. The van der Waals surface area contributed by atoms with Crippen LogP contribution < -0.4 is 5.32 Å². The average molecular weight is 335 g/mol. The van der Waals surface area contributed by atoms with Gasteiger partial charge in [0.25, 0.3) is 0 Å². The van der Waals surface area contributed by atoms with Crippen LogP contribution in [0.3, 0.4) is 0 Å². The minimum atomic E-state index is -4.27. The molecule has 0 aromatic heterocycles. The van der Waals surface area contributed by atoms with Crippen LogP contribution in [-0.4, -0.2) is 28.6 Å². The van der Waals surface area contributed by atoms with E-state index in [0.717, 1.165) is 11.3 Å². The molecule has 1 saturated heterocycles. The molecular weight excluding hydrogens is 315 g/mol. The fraction of sp³-hybridized carbons (Fsp3) is 0.600. The van der Waals surface area contributed by atoms with Gasteiger partial charge in [0.1, 0.15) is 0 Å². The summed E-state index contributed by atoms with van der Waals surface area (Å²) in [4.78, 5) is 0. The molecule has 0 spiro atoms. The highest BCUT2D eigenvalue weighted by molar-refractivity contribution is 8.07. The minimum Gasteiger partial charge on any atom is -0.312 e. The van der Waals surface area contributed by atoms with Crippen LogP contribution in [0.4, 0.5) is 13.2 Å². The van der Waals surface area contributed by atoms with Crippen molar-refractivity contribution in [3.05, 3.63) is 35.4 Å². The van der Waals surface area contributed by atoms with Crippen LogP contribution in [0.25, 0.3) is 0 Å². The quantitative estimate of drug-likeness (QED) is 0.867. The fourth-order valence-corrected chi connectivity index (χ4v) is 5.59. The standard InChI is InChI=1S/C15H20F3NS2/c1-9-10(2)21-13(8-20-9)14(19-3)11-4-6-12(7-5-11)15(16,17)18/h4-7,9-10,13-14,19H,8H2,1-3H3. The first-order chi connectivity index (χ1) is 9.82. The highest BCUT2D eigenvalue weighted by Crippen LogP contribution is 2.41. The molecule has 2 rings (SSSR count). The molecule has 1 aliphatic rings. The predicted octanol–water partition coefficient (Wildman–Crippen LogP) is 4.59. The summed E-state index contributed by atoms with van der Waals surface area (Å²) in [5, 5.41) is 4.82. The molecule has 1 aliphatic heterocycles. The first kappa shape index (κ1) is 17.0. The van der Waals surface area contributed by atoms with Gasteiger partial charge in [0.15, 0.2) is 0 Å². The highest BCUT2D eigenvalue weighted by atomic mass is 32.2. The Kier molecular flexibility index (Phi) is 5.54. The second kappa shape index (κ2) is 6.84. The van der Waals surface area contributed by atoms with Crippen molar-refractivity contribution in [2.45, 2.75) is 41.8 Å². The molecule has 4 atom stereocenters. The van der Waals surface area contributed by atoms with E-state index in [1.807, 2.05) is 30.6 Å². The summed E-state index contributed by atoms with van der Waals surface area (Å²) in [5.41, 5.74) is 0.333. The van der Waals surface area contributed by atoms with Crippen molar-refractivity contribution in [2.75, 3.05) is 12.8 Å². The molecule has 0 amide bonds. The van der Waals surface area contributed by atoms with Crippen molar-refractivity contribution >= 4 is 23.5 Å². The van der Waals surface area contributed by atoms with E-state index in [9.17, 15) is 13.2 Å². The first-order valence-electron chi connectivity index (χ1n) is 6.94. The number of halogens is 3. The lowest BCUT2D eigenvalue weighted by molar-refractivity contribution is -0.137. The van der Waals surface area contributed by atoms with Crippen molar-refractivity contribution < 1.29 is 13.2 Å². The molecule has 0 aliphatic carbocycles. The van der Waals surface area contributed by atoms with Gasteiger partial charge in [0.2, 0.25) is 0 Å². The van der Waals surface area contributed by atoms with E-state index in [-0.39, 0.29) is 6.04 Å². The molecule has 1 nitrogen and oxygen atoms in total. The lowest BCUT2D eigenvalue weighted by atomic mass is 10.0. The molecule has 1 aromatic rings. The molecule has 0 saturated carbocycles. The number of benzene rings is 1. The summed E-state index contributed by atoms with van der Waals surface area (Å²) in [7, 11) is 1.87. The molecule has 1 N–H and O–H groups in total. The molecule has 0 bridgehead atoms. The Morgan fingerprint density at radius 2 is 1.76 bits per heavy atom. The Balaban J connectivity index is 2.14. The monoisotopic (exact) mass is 335 g/mol. The van der Waals surface area contributed by atoms with Gasteiger partial charge in [0.05, 0.1) is 5.56 Å². The maximum absolute atomic E-state index is 12.6. The largest absolute Gasteiger partial charge is 0.416 e. The van der Waals surface area contributed by atoms with Crippen LogP contribution in [0.2, 0.25) is 0 Å². The number of thioether (sulfide) groups is 2. The third kappa shape index (κ3) is 4.11. The van der Waals surface area contributed by atoms with Gasteiger partial charge in [-0.25, -0.2) is 0 Å². The molecule has 0 radical (unpaired) electrons. The van der Waals surface area contributed by atoms with E-state index in [1.54, 1.807) is 12.1 Å². The van der Waals surface area contributed by atoms with E-state index < -0.39 is 11.7 Å². The van der Waals surface area contributed by atoms with Crippen molar-refractivity contribution in [1.29, 1.82) is 0 Å². The van der Waals surface area contributed by atoms with Gasteiger partial charge in [-0.3, -0.25) is 0 Å². The van der Waals surface area contributed by atoms with Crippen LogP contribution in [-0.2, 0) is 6.18 Å². The second-order valence-electron chi connectivity index (χ2n) is 5.30. The summed E-state index contributed by atoms with van der Waals surface area (Å²) in [5.74, 6) is 1.02. The summed E-state index contributed by atoms with van der Waals surface area (Å²) < 4.78 is 37.9. The zero-order chi connectivity index (χ0) is 15.6. The number of nitrogens with one attached hydrogen (secondary N) is 1. The van der Waals surface area contributed by atoms with Crippen LogP contribution >= 0.6 is 23.5 Å². The molecular formula is C15H20F3NS2. The molecule has 6 heteroatoms. The summed E-state index contributed by atoms with van der Waals surface area (Å²) in [6.07, 6.45) is -4.27. The maximum atomic E-state index is 12.6. The number of rotatable bonds is 3.